The first-order valence-corrected chi connectivity index (χ1v) is 11.5. The predicted octanol–water partition coefficient (Wildman–Crippen LogP) is 5.38. The average molecular weight is 454 g/mol. The van der Waals surface area contributed by atoms with Gasteiger partial charge in [-0.25, -0.2) is 0 Å². The molecule has 0 spiro atoms. The van der Waals surface area contributed by atoms with Gasteiger partial charge >= 0.3 is 0 Å². The number of carbonyl (C=O) groups is 1. The molecule has 2 aliphatic heterocycles. The minimum absolute atomic E-state index is 0.0416. The number of fused-ring (bicyclic) bond motifs is 1. The van der Waals surface area contributed by atoms with Gasteiger partial charge in [-0.15, -0.1) is 0 Å². The molecule has 33 heavy (non-hydrogen) atoms. The number of carbonyl (C=O) groups excluding carboxylic acids is 1. The van der Waals surface area contributed by atoms with Gasteiger partial charge in [0.1, 0.15) is 5.04 Å². The normalized spacial score (nSPS) is 16.8. The molecule has 0 saturated heterocycles. The van der Waals surface area contributed by atoms with E-state index in [1.165, 1.54) is 27.9 Å². The van der Waals surface area contributed by atoms with E-state index in [1.807, 2.05) is 43.3 Å². The molecule has 0 saturated carbocycles. The zero-order valence-electron chi connectivity index (χ0n) is 18.9. The second-order valence-electron chi connectivity index (χ2n) is 8.17. The van der Waals surface area contributed by atoms with Gasteiger partial charge in [0.2, 0.25) is 5.17 Å². The van der Waals surface area contributed by atoms with Gasteiger partial charge in [-0.2, -0.15) is 15.1 Å². The molecule has 0 bridgehead atoms. The Morgan fingerprint density at radius 2 is 1.76 bits per heavy atom. The number of amidine groups is 2. The van der Waals surface area contributed by atoms with Crippen LogP contribution in [-0.4, -0.2) is 31.5 Å². The largest absolute Gasteiger partial charge is 0.318 e. The van der Waals surface area contributed by atoms with Crippen molar-refractivity contribution in [1.82, 2.24) is 9.58 Å². The Bertz CT molecular complexity index is 1410. The molecular formula is C26H23N5OS. The summed E-state index contributed by atoms with van der Waals surface area (Å²) < 4.78 is 2.19. The van der Waals surface area contributed by atoms with Crippen molar-refractivity contribution in [3.63, 3.8) is 0 Å². The average Bonchev–Trinajstić information content (AvgIpc) is 3.34. The third-order valence-corrected chi connectivity index (χ3v) is 7.02. The fourth-order valence-corrected chi connectivity index (χ4v) is 5.02. The number of rotatable bonds is 3. The van der Waals surface area contributed by atoms with Crippen LogP contribution in [0.25, 0.3) is 11.8 Å². The molecule has 2 aromatic carbocycles. The topological polar surface area (TPSA) is 73.8 Å². The van der Waals surface area contributed by atoms with E-state index in [1.54, 1.807) is 6.08 Å². The lowest BCUT2D eigenvalue weighted by Gasteiger charge is -2.20. The quantitative estimate of drug-likeness (QED) is 0.541. The number of hydrazone groups is 1. The summed E-state index contributed by atoms with van der Waals surface area (Å²) in [5.74, 6) is -0.375. The summed E-state index contributed by atoms with van der Waals surface area (Å²) in [4.78, 5) is 17.1. The Kier molecular flexibility index (Phi) is 5.13. The summed E-state index contributed by atoms with van der Waals surface area (Å²) >= 11 is 1.31. The number of thioether (sulfide) groups is 1. The SMILES string of the molecule is Cc1cccc(-n2c(C)cc(/C=C3/C(=N)N4N=C(c5ccccc5)SC4=NC3=O)c2C)c1C. The van der Waals surface area contributed by atoms with Crippen LogP contribution in [0.2, 0.25) is 0 Å². The van der Waals surface area contributed by atoms with Gasteiger partial charge in [0, 0.05) is 22.6 Å². The first-order valence-electron chi connectivity index (χ1n) is 10.7. The first-order chi connectivity index (χ1) is 15.8. The lowest BCUT2D eigenvalue weighted by atomic mass is 10.1. The standard InChI is InChI=1S/C26H23N5OS/c1-15-9-8-12-22(17(15)3)30-16(2)13-20(18(30)4)14-21-23(27)31-26(28-24(21)32)33-25(29-31)19-10-6-5-7-11-19/h5-14,27H,1-4H3/b21-14-,27-23?. The number of benzene rings is 2. The number of hydrogen-bond acceptors (Lipinski definition) is 4. The zero-order chi connectivity index (χ0) is 23.3. The molecule has 1 N–H and O–H groups in total. The molecule has 0 radical (unpaired) electrons. The second-order valence-corrected chi connectivity index (χ2v) is 9.13. The summed E-state index contributed by atoms with van der Waals surface area (Å²) in [5, 5.41) is 15.8. The molecule has 0 fully saturated rings. The smallest absolute Gasteiger partial charge is 0.283 e. The van der Waals surface area contributed by atoms with Gasteiger partial charge in [-0.1, -0.05) is 42.5 Å². The van der Waals surface area contributed by atoms with Gasteiger partial charge < -0.3 is 4.57 Å². The lowest BCUT2D eigenvalue weighted by molar-refractivity contribution is -0.114. The van der Waals surface area contributed by atoms with Crippen LogP contribution in [-0.2, 0) is 4.79 Å². The Labute approximate surface area is 196 Å². The van der Waals surface area contributed by atoms with E-state index in [2.05, 4.69) is 53.6 Å². The molecule has 1 aromatic heterocycles. The summed E-state index contributed by atoms with van der Waals surface area (Å²) in [6, 6.07) is 18.0. The van der Waals surface area contributed by atoms with Crippen molar-refractivity contribution in [3.05, 3.63) is 93.8 Å². The van der Waals surface area contributed by atoms with Crippen molar-refractivity contribution in [1.29, 1.82) is 5.41 Å². The van der Waals surface area contributed by atoms with E-state index in [9.17, 15) is 4.79 Å². The van der Waals surface area contributed by atoms with E-state index in [4.69, 9.17) is 5.41 Å². The Morgan fingerprint density at radius 3 is 2.52 bits per heavy atom. The fraction of sp³-hybridized carbons (Fsp3) is 0.154. The molecule has 164 valence electrons. The molecule has 0 unspecified atom stereocenters. The van der Waals surface area contributed by atoms with E-state index in [0.29, 0.717) is 5.17 Å². The third kappa shape index (κ3) is 3.54. The second kappa shape index (κ2) is 8.01. The number of nitrogens with one attached hydrogen (secondary N) is 1. The molecule has 6 nitrogen and oxygen atoms in total. The van der Waals surface area contributed by atoms with Crippen LogP contribution in [0.5, 0.6) is 0 Å². The maximum Gasteiger partial charge on any atom is 0.283 e. The molecule has 3 aromatic rings. The van der Waals surface area contributed by atoms with E-state index in [-0.39, 0.29) is 11.4 Å². The highest BCUT2D eigenvalue weighted by Gasteiger charge is 2.36. The highest BCUT2D eigenvalue weighted by atomic mass is 32.2. The molecule has 5 rings (SSSR count). The van der Waals surface area contributed by atoms with Gasteiger partial charge in [-0.05, 0) is 74.4 Å². The van der Waals surface area contributed by atoms with Crippen LogP contribution >= 0.6 is 11.8 Å². The summed E-state index contributed by atoms with van der Waals surface area (Å²) in [6.07, 6.45) is 1.76. The van der Waals surface area contributed by atoms with Gasteiger partial charge in [0.05, 0.1) is 5.57 Å². The van der Waals surface area contributed by atoms with E-state index < -0.39 is 5.91 Å². The molecule has 7 heteroatoms. The highest BCUT2D eigenvalue weighted by molar-refractivity contribution is 8.27. The van der Waals surface area contributed by atoms with Gasteiger partial charge in [-0.3, -0.25) is 10.2 Å². The van der Waals surface area contributed by atoms with Crippen molar-refractivity contribution in [2.24, 2.45) is 10.1 Å². The Morgan fingerprint density at radius 1 is 1.00 bits per heavy atom. The van der Waals surface area contributed by atoms with Crippen LogP contribution in [0, 0.1) is 33.1 Å². The molecule has 0 atom stereocenters. The summed E-state index contributed by atoms with van der Waals surface area (Å²) in [6.45, 7) is 8.30. The summed E-state index contributed by atoms with van der Waals surface area (Å²) in [5.41, 5.74) is 7.69. The van der Waals surface area contributed by atoms with E-state index >= 15 is 0 Å². The molecule has 3 heterocycles. The third-order valence-electron chi connectivity index (χ3n) is 6.06. The highest BCUT2D eigenvalue weighted by Crippen LogP contribution is 2.32. The van der Waals surface area contributed by atoms with Crippen molar-refractivity contribution in [2.75, 3.05) is 0 Å². The lowest BCUT2D eigenvalue weighted by Crippen LogP contribution is -2.35. The minimum atomic E-state index is -0.417. The predicted molar refractivity (Wildman–Crippen MR) is 135 cm³/mol. The number of hydrogen-bond donors (Lipinski definition) is 1. The van der Waals surface area contributed by atoms with Crippen molar-refractivity contribution >= 4 is 39.8 Å². The van der Waals surface area contributed by atoms with Gasteiger partial charge in [0.15, 0.2) is 5.84 Å². The molecular weight excluding hydrogens is 430 g/mol. The number of aryl methyl sites for hydroxylation is 2. The fourth-order valence-electron chi connectivity index (χ4n) is 4.13. The molecule has 1 amide bonds. The monoisotopic (exact) mass is 453 g/mol. The first kappa shape index (κ1) is 21.2. The summed E-state index contributed by atoms with van der Waals surface area (Å²) in [7, 11) is 0. The number of nitrogens with zero attached hydrogens (tertiary/aromatic N) is 4. The van der Waals surface area contributed by atoms with Crippen LogP contribution in [0.1, 0.15) is 33.6 Å². The van der Waals surface area contributed by atoms with Crippen molar-refractivity contribution < 1.29 is 4.79 Å². The van der Waals surface area contributed by atoms with Crippen LogP contribution in [0.4, 0.5) is 0 Å². The van der Waals surface area contributed by atoms with Crippen LogP contribution < -0.4 is 0 Å². The minimum Gasteiger partial charge on any atom is -0.318 e. The van der Waals surface area contributed by atoms with E-state index in [0.717, 1.165) is 33.2 Å². The van der Waals surface area contributed by atoms with Gasteiger partial charge in [0.25, 0.3) is 5.91 Å². The van der Waals surface area contributed by atoms with Crippen LogP contribution in [0.3, 0.4) is 0 Å². The maximum atomic E-state index is 12.9. The van der Waals surface area contributed by atoms with Crippen molar-refractivity contribution in [2.45, 2.75) is 27.7 Å². The number of aliphatic imine (C=N–C) groups is 1. The zero-order valence-corrected chi connectivity index (χ0v) is 19.7. The van der Waals surface area contributed by atoms with Crippen LogP contribution in [0.15, 0.2) is 70.3 Å². The number of amides is 1. The molecule has 2 aliphatic rings. The number of aromatic nitrogens is 1. The maximum absolute atomic E-state index is 12.9. The van der Waals surface area contributed by atoms with Crippen molar-refractivity contribution in [3.8, 4) is 5.69 Å². The molecule has 0 aliphatic carbocycles. The Balaban J connectivity index is 1.54. The Hall–Kier alpha value is -3.71.